The number of anilines is 1. The highest BCUT2D eigenvalue weighted by atomic mass is 19.4. The minimum atomic E-state index is -4.54. The summed E-state index contributed by atoms with van der Waals surface area (Å²) in [6.07, 6.45) is -4.92. The van der Waals surface area contributed by atoms with Crippen molar-refractivity contribution < 1.29 is 23.1 Å². The van der Waals surface area contributed by atoms with Gasteiger partial charge < -0.3 is 10.0 Å². The molecule has 1 atom stereocenters. The zero-order valence-electron chi connectivity index (χ0n) is 10.0. The van der Waals surface area contributed by atoms with Gasteiger partial charge >= 0.3 is 6.18 Å². The van der Waals surface area contributed by atoms with Crippen molar-refractivity contribution >= 4 is 12.0 Å². The molecule has 0 bridgehead atoms. The number of nitrogens with zero attached hydrogens (tertiary/aromatic N) is 1. The van der Waals surface area contributed by atoms with E-state index in [1.165, 1.54) is 31.0 Å². The first-order valence-corrected chi connectivity index (χ1v) is 5.31. The summed E-state index contributed by atoms with van der Waals surface area (Å²) in [6.45, 7) is 1.56. The second-order valence-electron chi connectivity index (χ2n) is 4.12. The van der Waals surface area contributed by atoms with Crippen molar-refractivity contribution in [3.8, 4) is 0 Å². The zero-order valence-corrected chi connectivity index (χ0v) is 10.0. The predicted octanol–water partition coefficient (Wildman–Crippen LogP) is 2.33. The van der Waals surface area contributed by atoms with Gasteiger partial charge in [-0.3, -0.25) is 4.79 Å². The summed E-state index contributed by atoms with van der Waals surface area (Å²) >= 11 is 0. The molecule has 18 heavy (non-hydrogen) atoms. The molecular weight excluding hydrogens is 247 g/mol. The van der Waals surface area contributed by atoms with Gasteiger partial charge in [-0.15, -0.1) is 0 Å². The minimum Gasteiger partial charge on any atom is -0.392 e. The van der Waals surface area contributed by atoms with Crippen LogP contribution in [-0.4, -0.2) is 31.1 Å². The number of carbonyl (C=O) groups is 1. The number of alkyl halides is 3. The molecule has 0 aliphatic carbocycles. The molecule has 0 saturated heterocycles. The zero-order chi connectivity index (χ0) is 13.9. The van der Waals surface area contributed by atoms with Crippen LogP contribution in [0.25, 0.3) is 0 Å². The Balaban J connectivity index is 3.22. The summed E-state index contributed by atoms with van der Waals surface area (Å²) in [4.78, 5) is 11.8. The van der Waals surface area contributed by atoms with Crippen molar-refractivity contribution in [2.75, 3.05) is 18.5 Å². The Morgan fingerprint density at radius 3 is 2.50 bits per heavy atom. The van der Waals surface area contributed by atoms with Gasteiger partial charge in [0.1, 0.15) is 6.29 Å². The highest BCUT2D eigenvalue weighted by Gasteiger charge is 2.34. The topological polar surface area (TPSA) is 40.5 Å². The van der Waals surface area contributed by atoms with Gasteiger partial charge in [0.05, 0.1) is 11.7 Å². The van der Waals surface area contributed by atoms with E-state index in [-0.39, 0.29) is 17.8 Å². The van der Waals surface area contributed by atoms with Gasteiger partial charge in [0.25, 0.3) is 0 Å². The first-order chi connectivity index (χ1) is 8.25. The second-order valence-corrected chi connectivity index (χ2v) is 4.12. The number of hydrogen-bond donors (Lipinski definition) is 1. The maximum Gasteiger partial charge on any atom is 0.418 e. The monoisotopic (exact) mass is 261 g/mol. The van der Waals surface area contributed by atoms with E-state index in [2.05, 4.69) is 0 Å². The summed E-state index contributed by atoms with van der Waals surface area (Å²) < 4.78 is 38.6. The average molecular weight is 261 g/mol. The number of likely N-dealkylation sites (N-methyl/N-ethyl adjacent to an activating group) is 1. The van der Waals surface area contributed by atoms with Crippen molar-refractivity contribution in [1.29, 1.82) is 0 Å². The molecule has 0 aromatic heterocycles. The van der Waals surface area contributed by atoms with Crippen LogP contribution in [0.5, 0.6) is 0 Å². The van der Waals surface area contributed by atoms with E-state index >= 15 is 0 Å². The molecule has 3 nitrogen and oxygen atoms in total. The van der Waals surface area contributed by atoms with E-state index in [0.29, 0.717) is 6.29 Å². The molecule has 0 amide bonds. The van der Waals surface area contributed by atoms with Gasteiger partial charge in [-0.2, -0.15) is 13.2 Å². The van der Waals surface area contributed by atoms with Gasteiger partial charge in [-0.05, 0) is 25.1 Å². The van der Waals surface area contributed by atoms with Crippen molar-refractivity contribution in [2.24, 2.45) is 0 Å². The van der Waals surface area contributed by atoms with Crippen LogP contribution >= 0.6 is 0 Å². The summed E-state index contributed by atoms with van der Waals surface area (Å²) in [5, 5.41) is 9.20. The van der Waals surface area contributed by atoms with Crippen LogP contribution in [0.1, 0.15) is 22.8 Å². The lowest BCUT2D eigenvalue weighted by atomic mass is 10.1. The van der Waals surface area contributed by atoms with E-state index in [9.17, 15) is 23.1 Å². The Morgan fingerprint density at radius 1 is 1.44 bits per heavy atom. The van der Waals surface area contributed by atoms with Crippen LogP contribution in [0.2, 0.25) is 0 Å². The van der Waals surface area contributed by atoms with Crippen molar-refractivity contribution in [3.05, 3.63) is 29.3 Å². The van der Waals surface area contributed by atoms with E-state index in [4.69, 9.17) is 0 Å². The number of hydrogen-bond acceptors (Lipinski definition) is 3. The molecular formula is C12H14F3NO2. The number of rotatable bonds is 4. The normalized spacial score (nSPS) is 13.2. The standard InChI is InChI=1S/C12H14F3NO2/c1-8(18)6-16(2)11-4-3-9(7-17)5-10(11)12(13,14)15/h3-5,7-8,18H,6H2,1-2H3. The van der Waals surface area contributed by atoms with Crippen molar-refractivity contribution in [1.82, 2.24) is 0 Å². The first kappa shape index (κ1) is 14.5. The Kier molecular flexibility index (Phi) is 4.34. The molecule has 0 aliphatic heterocycles. The number of aliphatic hydroxyl groups is 1. The molecule has 0 fully saturated rings. The lowest BCUT2D eigenvalue weighted by Crippen LogP contribution is -2.29. The molecule has 1 N–H and O–H groups in total. The number of benzene rings is 1. The van der Waals surface area contributed by atoms with Crippen LogP contribution in [0.3, 0.4) is 0 Å². The minimum absolute atomic E-state index is 0.0310. The molecule has 1 rings (SSSR count). The molecule has 0 heterocycles. The number of aliphatic hydroxyl groups excluding tert-OH is 1. The van der Waals surface area contributed by atoms with Crippen LogP contribution in [0, 0.1) is 0 Å². The lowest BCUT2D eigenvalue weighted by molar-refractivity contribution is -0.137. The van der Waals surface area contributed by atoms with Gasteiger partial charge in [-0.1, -0.05) is 0 Å². The van der Waals surface area contributed by atoms with Crippen molar-refractivity contribution in [2.45, 2.75) is 19.2 Å². The Bertz CT molecular complexity index is 430. The second kappa shape index (κ2) is 5.39. The fourth-order valence-electron chi connectivity index (χ4n) is 1.68. The van der Waals surface area contributed by atoms with E-state index < -0.39 is 17.8 Å². The summed E-state index contributed by atoms with van der Waals surface area (Å²) in [6, 6.07) is 3.35. The number of aldehydes is 1. The number of halogens is 3. The van der Waals surface area contributed by atoms with Crippen LogP contribution in [-0.2, 0) is 6.18 Å². The maximum atomic E-state index is 12.9. The Morgan fingerprint density at radius 2 is 2.06 bits per heavy atom. The fraction of sp³-hybridized carbons (Fsp3) is 0.417. The summed E-state index contributed by atoms with van der Waals surface area (Å²) in [7, 11) is 1.46. The molecule has 1 unspecified atom stereocenters. The van der Waals surface area contributed by atoms with E-state index in [1.54, 1.807) is 0 Å². The fourth-order valence-corrected chi connectivity index (χ4v) is 1.68. The van der Waals surface area contributed by atoms with E-state index in [1.807, 2.05) is 0 Å². The molecule has 0 aliphatic rings. The molecule has 100 valence electrons. The third kappa shape index (κ3) is 3.46. The van der Waals surface area contributed by atoms with Crippen LogP contribution in [0.15, 0.2) is 18.2 Å². The van der Waals surface area contributed by atoms with Crippen molar-refractivity contribution in [3.63, 3.8) is 0 Å². The van der Waals surface area contributed by atoms with Gasteiger partial charge in [-0.25, -0.2) is 0 Å². The van der Waals surface area contributed by atoms with Crippen LogP contribution < -0.4 is 4.90 Å². The molecule has 1 aromatic rings. The lowest BCUT2D eigenvalue weighted by Gasteiger charge is -2.24. The van der Waals surface area contributed by atoms with Gasteiger partial charge in [0.15, 0.2) is 0 Å². The molecule has 0 saturated carbocycles. The highest BCUT2D eigenvalue weighted by molar-refractivity contribution is 5.77. The van der Waals surface area contributed by atoms with Crippen LogP contribution in [0.4, 0.5) is 18.9 Å². The van der Waals surface area contributed by atoms with E-state index in [0.717, 1.165) is 6.07 Å². The first-order valence-electron chi connectivity index (χ1n) is 5.31. The average Bonchev–Trinajstić information content (AvgIpc) is 2.26. The smallest absolute Gasteiger partial charge is 0.392 e. The molecule has 6 heteroatoms. The summed E-state index contributed by atoms with van der Waals surface area (Å²) in [5.74, 6) is 0. The highest BCUT2D eigenvalue weighted by Crippen LogP contribution is 2.36. The third-order valence-corrected chi connectivity index (χ3v) is 2.41. The Labute approximate surface area is 103 Å². The van der Waals surface area contributed by atoms with Gasteiger partial charge in [0, 0.05) is 24.8 Å². The Hall–Kier alpha value is -1.56. The summed E-state index contributed by atoms with van der Waals surface area (Å²) in [5.41, 5.74) is -0.972. The largest absolute Gasteiger partial charge is 0.418 e. The predicted molar refractivity (Wildman–Crippen MR) is 61.8 cm³/mol. The van der Waals surface area contributed by atoms with Gasteiger partial charge in [0.2, 0.25) is 0 Å². The molecule has 1 aromatic carbocycles. The third-order valence-electron chi connectivity index (χ3n) is 2.41. The molecule has 0 radical (unpaired) electrons. The molecule has 0 spiro atoms. The SMILES string of the molecule is CC(O)CN(C)c1ccc(C=O)cc1C(F)(F)F. The quantitative estimate of drug-likeness (QED) is 0.846. The maximum absolute atomic E-state index is 12.9. The number of carbonyl (C=O) groups excluding carboxylic acids is 1.